The van der Waals surface area contributed by atoms with Crippen LogP contribution < -0.4 is 5.32 Å². The van der Waals surface area contributed by atoms with E-state index in [-0.39, 0.29) is 37.7 Å². The van der Waals surface area contributed by atoms with Crippen LogP contribution in [0, 0.1) is 12.7 Å². The fourth-order valence-corrected chi connectivity index (χ4v) is 3.09. The number of hydrogen-bond acceptors (Lipinski definition) is 5. The fourth-order valence-electron chi connectivity index (χ4n) is 3.09. The standard InChI is InChI=1S/C22H21FN2O5/c1-14-8-9-16-17(11-14)22(29)25(21(16)28)10-4-7-20(27)30-13-19(26)24-12-15-5-2-3-6-18(15)23/h2-3,5-6,8-9,11H,4,7,10,12-13H2,1H3,(H,24,26). The summed E-state index contributed by atoms with van der Waals surface area (Å²) < 4.78 is 18.4. The van der Waals surface area contributed by atoms with Crippen LogP contribution in [0.4, 0.5) is 4.39 Å². The van der Waals surface area contributed by atoms with Crippen LogP contribution in [0.15, 0.2) is 42.5 Å². The second-order valence-electron chi connectivity index (χ2n) is 6.94. The number of fused-ring (bicyclic) bond motifs is 1. The quantitative estimate of drug-likeness (QED) is 0.531. The van der Waals surface area contributed by atoms with Crippen molar-refractivity contribution in [3.8, 4) is 0 Å². The lowest BCUT2D eigenvalue weighted by molar-refractivity contribution is -0.148. The first-order chi connectivity index (χ1) is 14.4. The Morgan fingerprint density at radius 1 is 1.07 bits per heavy atom. The molecule has 2 aromatic rings. The zero-order chi connectivity index (χ0) is 21.7. The van der Waals surface area contributed by atoms with Crippen molar-refractivity contribution < 1.29 is 28.3 Å². The predicted octanol–water partition coefficient (Wildman–Crippen LogP) is 2.37. The van der Waals surface area contributed by atoms with Crippen molar-refractivity contribution in [2.45, 2.75) is 26.3 Å². The zero-order valence-corrected chi connectivity index (χ0v) is 16.4. The van der Waals surface area contributed by atoms with Gasteiger partial charge in [0.1, 0.15) is 5.82 Å². The van der Waals surface area contributed by atoms with E-state index in [4.69, 9.17) is 4.74 Å². The monoisotopic (exact) mass is 412 g/mol. The number of rotatable bonds is 8. The number of esters is 1. The topological polar surface area (TPSA) is 92.8 Å². The van der Waals surface area contributed by atoms with E-state index >= 15 is 0 Å². The molecule has 0 bridgehead atoms. The number of imide groups is 1. The minimum absolute atomic E-state index is 0.0116. The summed E-state index contributed by atoms with van der Waals surface area (Å²) in [7, 11) is 0. The van der Waals surface area contributed by atoms with Gasteiger partial charge < -0.3 is 10.1 Å². The SMILES string of the molecule is Cc1ccc2c(c1)C(=O)N(CCCC(=O)OCC(=O)NCc1ccccc1F)C2=O. The molecule has 156 valence electrons. The first-order valence-electron chi connectivity index (χ1n) is 9.49. The van der Waals surface area contributed by atoms with Crippen LogP contribution in [0.3, 0.4) is 0 Å². The summed E-state index contributed by atoms with van der Waals surface area (Å²) in [5.74, 6) is -2.36. The molecule has 1 aliphatic rings. The average Bonchev–Trinajstić information content (AvgIpc) is 2.96. The smallest absolute Gasteiger partial charge is 0.306 e. The number of nitrogens with zero attached hydrogens (tertiary/aromatic N) is 1. The lowest BCUT2D eigenvalue weighted by atomic mass is 10.1. The molecular formula is C22H21FN2O5. The van der Waals surface area contributed by atoms with E-state index in [0.29, 0.717) is 16.7 Å². The maximum Gasteiger partial charge on any atom is 0.306 e. The van der Waals surface area contributed by atoms with Gasteiger partial charge in [0.2, 0.25) is 0 Å². The maximum atomic E-state index is 13.5. The Morgan fingerprint density at radius 3 is 2.57 bits per heavy atom. The highest BCUT2D eigenvalue weighted by molar-refractivity contribution is 6.21. The number of amides is 3. The van der Waals surface area contributed by atoms with Gasteiger partial charge in [-0.2, -0.15) is 0 Å². The lowest BCUT2D eigenvalue weighted by Crippen LogP contribution is -2.31. The van der Waals surface area contributed by atoms with Crippen LogP contribution in [0.25, 0.3) is 0 Å². The average molecular weight is 412 g/mol. The van der Waals surface area contributed by atoms with Crippen molar-refractivity contribution in [1.82, 2.24) is 10.2 Å². The minimum Gasteiger partial charge on any atom is -0.456 e. The van der Waals surface area contributed by atoms with Gasteiger partial charge in [-0.15, -0.1) is 0 Å². The van der Waals surface area contributed by atoms with Gasteiger partial charge in [0.05, 0.1) is 11.1 Å². The Labute approximate surface area is 172 Å². The summed E-state index contributed by atoms with van der Waals surface area (Å²) in [4.78, 5) is 49.4. The first kappa shape index (κ1) is 21.2. The molecule has 0 atom stereocenters. The zero-order valence-electron chi connectivity index (χ0n) is 16.4. The van der Waals surface area contributed by atoms with Crippen LogP contribution >= 0.6 is 0 Å². The molecule has 1 aliphatic heterocycles. The molecule has 8 heteroatoms. The van der Waals surface area contributed by atoms with E-state index in [9.17, 15) is 23.6 Å². The van der Waals surface area contributed by atoms with Crippen LogP contribution in [0.1, 0.15) is 44.7 Å². The lowest BCUT2D eigenvalue weighted by Gasteiger charge is -2.13. The second-order valence-corrected chi connectivity index (χ2v) is 6.94. The van der Waals surface area contributed by atoms with Crippen LogP contribution in [0.2, 0.25) is 0 Å². The van der Waals surface area contributed by atoms with Crippen molar-refractivity contribution in [2.75, 3.05) is 13.2 Å². The molecule has 0 fully saturated rings. The summed E-state index contributed by atoms with van der Waals surface area (Å²) in [6.45, 7) is 1.42. The molecule has 0 saturated carbocycles. The van der Waals surface area contributed by atoms with Crippen molar-refractivity contribution >= 4 is 23.7 Å². The maximum absolute atomic E-state index is 13.5. The van der Waals surface area contributed by atoms with E-state index in [1.165, 1.54) is 6.07 Å². The van der Waals surface area contributed by atoms with E-state index < -0.39 is 24.3 Å². The van der Waals surface area contributed by atoms with E-state index in [2.05, 4.69) is 5.32 Å². The number of nitrogens with one attached hydrogen (secondary N) is 1. The third kappa shape index (κ3) is 4.89. The normalized spacial score (nSPS) is 12.7. The molecule has 7 nitrogen and oxygen atoms in total. The number of ether oxygens (including phenoxy) is 1. The number of halogens is 1. The molecule has 2 aromatic carbocycles. The Hall–Kier alpha value is -3.55. The molecule has 0 aliphatic carbocycles. The number of hydrogen-bond donors (Lipinski definition) is 1. The number of aryl methyl sites for hydroxylation is 1. The molecule has 3 amide bonds. The predicted molar refractivity (Wildman–Crippen MR) is 105 cm³/mol. The van der Waals surface area contributed by atoms with Gasteiger partial charge in [0, 0.05) is 25.1 Å². The number of carbonyl (C=O) groups is 4. The van der Waals surface area contributed by atoms with Crippen molar-refractivity contribution in [1.29, 1.82) is 0 Å². The van der Waals surface area contributed by atoms with Gasteiger partial charge in [-0.05, 0) is 31.5 Å². The largest absolute Gasteiger partial charge is 0.456 e. The Kier molecular flexibility index (Phi) is 6.56. The molecule has 3 rings (SSSR count). The Morgan fingerprint density at radius 2 is 1.80 bits per heavy atom. The first-order valence-corrected chi connectivity index (χ1v) is 9.49. The number of carbonyl (C=O) groups excluding carboxylic acids is 4. The molecule has 1 N–H and O–H groups in total. The van der Waals surface area contributed by atoms with Crippen molar-refractivity contribution in [2.24, 2.45) is 0 Å². The third-order valence-corrected chi connectivity index (χ3v) is 4.69. The van der Waals surface area contributed by atoms with Crippen molar-refractivity contribution in [3.63, 3.8) is 0 Å². The minimum atomic E-state index is -0.622. The number of benzene rings is 2. The molecule has 30 heavy (non-hydrogen) atoms. The third-order valence-electron chi connectivity index (χ3n) is 4.69. The summed E-state index contributed by atoms with van der Waals surface area (Å²) >= 11 is 0. The van der Waals surface area contributed by atoms with Crippen LogP contribution in [-0.4, -0.2) is 41.7 Å². The molecule has 0 saturated heterocycles. The van der Waals surface area contributed by atoms with Gasteiger partial charge in [0.25, 0.3) is 17.7 Å². The molecule has 0 spiro atoms. The van der Waals surface area contributed by atoms with Gasteiger partial charge in [-0.3, -0.25) is 24.1 Å². The molecular weight excluding hydrogens is 391 g/mol. The summed E-state index contributed by atoms with van der Waals surface area (Å²) in [6, 6.07) is 11.1. The van der Waals surface area contributed by atoms with Gasteiger partial charge in [-0.25, -0.2) is 4.39 Å². The van der Waals surface area contributed by atoms with Crippen LogP contribution in [-0.2, 0) is 20.9 Å². The summed E-state index contributed by atoms with van der Waals surface area (Å²) in [6.07, 6.45) is 0.174. The highest BCUT2D eigenvalue weighted by Crippen LogP contribution is 2.24. The Balaban J connectivity index is 1.38. The van der Waals surface area contributed by atoms with Crippen LogP contribution in [0.5, 0.6) is 0 Å². The summed E-state index contributed by atoms with van der Waals surface area (Å²) in [5, 5.41) is 2.47. The summed E-state index contributed by atoms with van der Waals surface area (Å²) in [5.41, 5.74) is 1.94. The van der Waals surface area contributed by atoms with E-state index in [1.54, 1.807) is 36.4 Å². The molecule has 0 unspecified atom stereocenters. The van der Waals surface area contributed by atoms with Gasteiger partial charge >= 0.3 is 5.97 Å². The van der Waals surface area contributed by atoms with Gasteiger partial charge in [0.15, 0.2) is 6.61 Å². The second kappa shape index (κ2) is 9.30. The molecule has 1 heterocycles. The molecule has 0 radical (unpaired) electrons. The highest BCUT2D eigenvalue weighted by Gasteiger charge is 2.35. The highest BCUT2D eigenvalue weighted by atomic mass is 19.1. The van der Waals surface area contributed by atoms with E-state index in [1.807, 2.05) is 6.92 Å². The fraction of sp³-hybridized carbons (Fsp3) is 0.273. The Bertz CT molecular complexity index is 1000. The van der Waals surface area contributed by atoms with Gasteiger partial charge in [-0.1, -0.05) is 29.8 Å². The van der Waals surface area contributed by atoms with Crippen molar-refractivity contribution in [3.05, 3.63) is 70.5 Å². The van der Waals surface area contributed by atoms with E-state index in [0.717, 1.165) is 10.5 Å². The molecule has 0 aromatic heterocycles.